The number of carbonyl (C=O) groups is 2. The number of nitrogens with one attached hydrogen (secondary N) is 1. The lowest BCUT2D eigenvalue weighted by Crippen LogP contribution is -2.48. The van der Waals surface area contributed by atoms with Crippen LogP contribution in [0.1, 0.15) is 20.7 Å². The van der Waals surface area contributed by atoms with Crippen molar-refractivity contribution in [3.8, 4) is 5.75 Å². The number of non-ortho nitro benzene ring substituents is 1. The molecule has 11 heteroatoms. The smallest absolute Gasteiger partial charge is 0.270 e. The van der Waals surface area contributed by atoms with Crippen molar-refractivity contribution in [2.45, 2.75) is 0 Å². The Morgan fingerprint density at radius 1 is 0.944 bits per heavy atom. The van der Waals surface area contributed by atoms with Crippen molar-refractivity contribution in [1.29, 1.82) is 0 Å². The van der Waals surface area contributed by atoms with Gasteiger partial charge in [-0.3, -0.25) is 19.7 Å². The van der Waals surface area contributed by atoms with Crippen LogP contribution in [0.2, 0.25) is 10.0 Å². The lowest BCUT2D eigenvalue weighted by Gasteiger charge is -2.36. The number of nitrogens with zero attached hydrogens (tertiary/aromatic N) is 3. The van der Waals surface area contributed by atoms with Gasteiger partial charge in [-0.1, -0.05) is 23.2 Å². The highest BCUT2D eigenvalue weighted by atomic mass is 35.5. The van der Waals surface area contributed by atoms with Gasteiger partial charge < -0.3 is 19.9 Å². The van der Waals surface area contributed by atoms with Gasteiger partial charge in [0.15, 0.2) is 0 Å². The van der Waals surface area contributed by atoms with E-state index in [4.69, 9.17) is 27.9 Å². The Kier molecular flexibility index (Phi) is 7.61. The molecule has 0 unspecified atom stereocenters. The Morgan fingerprint density at radius 2 is 1.64 bits per heavy atom. The molecular formula is C25H22Cl2N4O5. The summed E-state index contributed by atoms with van der Waals surface area (Å²) in [5, 5.41) is 14.3. The van der Waals surface area contributed by atoms with Gasteiger partial charge >= 0.3 is 0 Å². The minimum Gasteiger partial charge on any atom is -0.496 e. The summed E-state index contributed by atoms with van der Waals surface area (Å²) in [6.45, 7) is 2.31. The summed E-state index contributed by atoms with van der Waals surface area (Å²) in [5.41, 5.74) is 1.70. The van der Waals surface area contributed by atoms with E-state index in [1.54, 1.807) is 35.2 Å². The zero-order valence-electron chi connectivity index (χ0n) is 19.2. The van der Waals surface area contributed by atoms with Crippen molar-refractivity contribution in [2.24, 2.45) is 0 Å². The number of halogens is 2. The number of piperazine rings is 1. The van der Waals surface area contributed by atoms with Crippen molar-refractivity contribution >= 4 is 52.1 Å². The van der Waals surface area contributed by atoms with Crippen molar-refractivity contribution in [1.82, 2.24) is 4.90 Å². The fourth-order valence-corrected chi connectivity index (χ4v) is 4.32. The summed E-state index contributed by atoms with van der Waals surface area (Å²) in [7, 11) is 1.52. The first kappa shape index (κ1) is 25.3. The molecule has 1 aliphatic heterocycles. The summed E-state index contributed by atoms with van der Waals surface area (Å²) in [5.74, 6) is -0.192. The van der Waals surface area contributed by atoms with E-state index < -0.39 is 10.8 Å². The highest BCUT2D eigenvalue weighted by molar-refractivity contribution is 6.34. The minimum absolute atomic E-state index is 0.0204. The second kappa shape index (κ2) is 10.8. The normalized spacial score (nSPS) is 13.3. The number of hydrogen-bond acceptors (Lipinski definition) is 6. The van der Waals surface area contributed by atoms with Gasteiger partial charge in [0, 0.05) is 54.7 Å². The summed E-state index contributed by atoms with van der Waals surface area (Å²) < 4.78 is 5.31. The van der Waals surface area contributed by atoms with Gasteiger partial charge in [-0.05, 0) is 48.5 Å². The minimum atomic E-state index is -0.583. The number of ether oxygens (including phenoxy) is 1. The van der Waals surface area contributed by atoms with Crippen molar-refractivity contribution < 1.29 is 19.2 Å². The van der Waals surface area contributed by atoms with Crippen LogP contribution in [0.4, 0.5) is 17.1 Å². The van der Waals surface area contributed by atoms with E-state index in [1.807, 2.05) is 12.1 Å². The molecule has 0 atom stereocenters. The Hall–Kier alpha value is -3.82. The van der Waals surface area contributed by atoms with E-state index >= 15 is 0 Å². The third-order valence-corrected chi connectivity index (χ3v) is 6.42. The van der Waals surface area contributed by atoms with Gasteiger partial charge in [0.05, 0.1) is 28.2 Å². The van der Waals surface area contributed by atoms with Crippen molar-refractivity contribution in [3.05, 3.63) is 92.0 Å². The van der Waals surface area contributed by atoms with Crippen LogP contribution in [0.5, 0.6) is 5.75 Å². The first-order valence-electron chi connectivity index (χ1n) is 11.0. The van der Waals surface area contributed by atoms with Crippen LogP contribution in [0.25, 0.3) is 0 Å². The molecule has 0 bridgehead atoms. The van der Waals surface area contributed by atoms with Gasteiger partial charge in [0.2, 0.25) is 0 Å². The molecule has 0 aliphatic carbocycles. The van der Waals surface area contributed by atoms with Gasteiger partial charge in [-0.25, -0.2) is 0 Å². The lowest BCUT2D eigenvalue weighted by atomic mass is 10.1. The van der Waals surface area contributed by atoms with Gasteiger partial charge in [0.25, 0.3) is 17.5 Å². The van der Waals surface area contributed by atoms with Crippen LogP contribution in [0.15, 0.2) is 60.7 Å². The summed E-state index contributed by atoms with van der Waals surface area (Å²) in [6, 6.07) is 15.9. The number of anilines is 2. The second-order valence-corrected chi connectivity index (χ2v) is 8.89. The monoisotopic (exact) mass is 528 g/mol. The Labute approximate surface area is 217 Å². The molecule has 186 valence electrons. The van der Waals surface area contributed by atoms with Crippen LogP contribution in [-0.4, -0.2) is 54.9 Å². The van der Waals surface area contributed by atoms with Crippen molar-refractivity contribution in [3.63, 3.8) is 0 Å². The van der Waals surface area contributed by atoms with E-state index in [9.17, 15) is 19.7 Å². The molecule has 36 heavy (non-hydrogen) atoms. The molecule has 1 fully saturated rings. The average Bonchev–Trinajstić information content (AvgIpc) is 2.89. The first-order chi connectivity index (χ1) is 17.3. The number of rotatable bonds is 6. The van der Waals surface area contributed by atoms with E-state index in [-0.39, 0.29) is 22.2 Å². The van der Waals surface area contributed by atoms with Gasteiger partial charge in [0.1, 0.15) is 5.75 Å². The van der Waals surface area contributed by atoms with Crippen LogP contribution < -0.4 is 15.0 Å². The predicted molar refractivity (Wildman–Crippen MR) is 139 cm³/mol. The molecule has 1 heterocycles. The van der Waals surface area contributed by atoms with E-state index in [2.05, 4.69) is 10.2 Å². The maximum Gasteiger partial charge on any atom is 0.270 e. The molecule has 1 aliphatic rings. The Bertz CT molecular complexity index is 1310. The number of nitro groups is 1. The highest BCUT2D eigenvalue weighted by Crippen LogP contribution is 2.27. The average molecular weight is 529 g/mol. The van der Waals surface area contributed by atoms with Gasteiger partial charge in [-0.15, -0.1) is 0 Å². The van der Waals surface area contributed by atoms with Crippen LogP contribution in [0, 0.1) is 10.1 Å². The lowest BCUT2D eigenvalue weighted by molar-refractivity contribution is -0.384. The third kappa shape index (κ3) is 5.53. The molecular weight excluding hydrogens is 507 g/mol. The highest BCUT2D eigenvalue weighted by Gasteiger charge is 2.25. The van der Waals surface area contributed by atoms with Crippen LogP contribution in [-0.2, 0) is 0 Å². The molecule has 0 aromatic heterocycles. The molecule has 4 rings (SSSR count). The number of carbonyl (C=O) groups excluding carboxylic acids is 2. The summed E-state index contributed by atoms with van der Waals surface area (Å²) in [4.78, 5) is 39.9. The number of amides is 2. The molecule has 0 radical (unpaired) electrons. The number of hydrogen-bond donors (Lipinski definition) is 1. The van der Waals surface area contributed by atoms with Gasteiger partial charge in [-0.2, -0.15) is 0 Å². The Morgan fingerprint density at radius 3 is 2.28 bits per heavy atom. The largest absolute Gasteiger partial charge is 0.496 e. The molecule has 2 amide bonds. The molecule has 0 saturated carbocycles. The van der Waals surface area contributed by atoms with Crippen molar-refractivity contribution in [2.75, 3.05) is 43.5 Å². The van der Waals surface area contributed by atoms with E-state index in [0.29, 0.717) is 48.2 Å². The fourth-order valence-electron chi connectivity index (χ4n) is 3.94. The first-order valence-corrected chi connectivity index (χ1v) is 11.8. The molecule has 3 aromatic carbocycles. The fraction of sp³-hybridized carbons (Fsp3) is 0.200. The topological polar surface area (TPSA) is 105 Å². The molecule has 1 N–H and O–H groups in total. The molecule has 9 nitrogen and oxygen atoms in total. The van der Waals surface area contributed by atoms with E-state index in [0.717, 1.165) is 11.8 Å². The van der Waals surface area contributed by atoms with Crippen LogP contribution in [0.3, 0.4) is 0 Å². The van der Waals surface area contributed by atoms with E-state index in [1.165, 1.54) is 19.2 Å². The standard InChI is InChI=1S/C25H22Cl2N4O5/c1-36-23-9-2-16(26)14-21(23)25(33)30-12-10-29(11-13-30)18-5-3-17(4-6-18)28-24(32)20-15-19(31(34)35)7-8-22(20)27/h2-9,14-15H,10-13H2,1H3,(H,28,32). The third-order valence-electron chi connectivity index (χ3n) is 5.85. The second-order valence-electron chi connectivity index (χ2n) is 8.05. The molecule has 3 aromatic rings. The molecule has 0 spiro atoms. The number of benzene rings is 3. The zero-order chi connectivity index (χ0) is 25.8. The maximum atomic E-state index is 13.0. The quantitative estimate of drug-likeness (QED) is 0.351. The van der Waals surface area contributed by atoms with Crippen LogP contribution >= 0.6 is 23.2 Å². The number of nitro benzene ring substituents is 1. The zero-order valence-corrected chi connectivity index (χ0v) is 20.8. The summed E-state index contributed by atoms with van der Waals surface area (Å²) >= 11 is 12.1. The maximum absolute atomic E-state index is 13.0. The summed E-state index contributed by atoms with van der Waals surface area (Å²) in [6.07, 6.45) is 0. The predicted octanol–water partition coefficient (Wildman–Crippen LogP) is 5.12. The SMILES string of the molecule is COc1ccc(Cl)cc1C(=O)N1CCN(c2ccc(NC(=O)c3cc([N+](=O)[O-])ccc3Cl)cc2)CC1. The Balaban J connectivity index is 1.38. The number of methoxy groups -OCH3 is 1. The molecule has 1 saturated heterocycles.